The van der Waals surface area contributed by atoms with E-state index in [1.807, 2.05) is 24.4 Å². The largest absolute Gasteiger partial charge is 0.244 e. The van der Waals surface area contributed by atoms with E-state index in [0.717, 1.165) is 14.6 Å². The summed E-state index contributed by atoms with van der Waals surface area (Å²) in [5.41, 5.74) is 0. The van der Waals surface area contributed by atoms with Crippen LogP contribution in [0.5, 0.6) is 0 Å². The third kappa shape index (κ3) is 3.20. The normalized spacial score (nSPS) is 12.2. The van der Waals surface area contributed by atoms with Gasteiger partial charge in [0.05, 0.1) is 10.8 Å². The standard InChI is InChI=1S/C12H14ClNO2S3/c1-9-12(6-11(7-13)18-9)19(15,16)14(2)8-10-4-3-5-17-10/h3-6H,7-8H2,1-2H3. The fourth-order valence-electron chi connectivity index (χ4n) is 1.72. The number of rotatable bonds is 5. The van der Waals surface area contributed by atoms with E-state index in [-0.39, 0.29) is 0 Å². The van der Waals surface area contributed by atoms with Crippen LogP contribution in [0.2, 0.25) is 0 Å². The lowest BCUT2D eigenvalue weighted by atomic mass is 10.4. The third-order valence-electron chi connectivity index (χ3n) is 2.70. The maximum absolute atomic E-state index is 12.5. The van der Waals surface area contributed by atoms with E-state index in [1.54, 1.807) is 24.5 Å². The van der Waals surface area contributed by atoms with Gasteiger partial charge in [0, 0.05) is 28.2 Å². The van der Waals surface area contributed by atoms with Crippen LogP contribution in [0.15, 0.2) is 28.5 Å². The van der Waals surface area contributed by atoms with Crippen LogP contribution in [0.4, 0.5) is 0 Å². The molecule has 0 N–H and O–H groups in total. The lowest BCUT2D eigenvalue weighted by molar-refractivity contribution is 0.469. The minimum absolute atomic E-state index is 0.343. The van der Waals surface area contributed by atoms with Crippen molar-refractivity contribution in [2.45, 2.75) is 24.2 Å². The van der Waals surface area contributed by atoms with Crippen molar-refractivity contribution in [2.24, 2.45) is 0 Å². The predicted molar refractivity (Wildman–Crippen MR) is 81.6 cm³/mol. The summed E-state index contributed by atoms with van der Waals surface area (Å²) in [7, 11) is -1.84. The Morgan fingerprint density at radius 2 is 2.11 bits per heavy atom. The number of aryl methyl sites for hydroxylation is 1. The molecular weight excluding hydrogens is 322 g/mol. The first-order chi connectivity index (χ1) is 8.95. The van der Waals surface area contributed by atoms with Crippen molar-refractivity contribution in [1.29, 1.82) is 0 Å². The van der Waals surface area contributed by atoms with E-state index >= 15 is 0 Å². The molecule has 19 heavy (non-hydrogen) atoms. The first-order valence-corrected chi connectivity index (χ1v) is 9.26. The number of hydrogen-bond acceptors (Lipinski definition) is 4. The number of halogens is 1. The van der Waals surface area contributed by atoms with Crippen molar-refractivity contribution in [3.63, 3.8) is 0 Å². The fourth-order valence-corrected chi connectivity index (χ4v) is 5.40. The molecule has 0 amide bonds. The molecule has 0 aromatic carbocycles. The van der Waals surface area contributed by atoms with Gasteiger partial charge in [-0.25, -0.2) is 8.42 Å². The molecule has 0 saturated carbocycles. The average molecular weight is 336 g/mol. The highest BCUT2D eigenvalue weighted by Crippen LogP contribution is 2.29. The molecule has 2 aromatic rings. The Hall–Kier alpha value is -0.400. The molecule has 0 fully saturated rings. The molecular formula is C12H14ClNO2S3. The Bertz CT molecular complexity index is 647. The van der Waals surface area contributed by atoms with Gasteiger partial charge in [0.15, 0.2) is 0 Å². The summed E-state index contributed by atoms with van der Waals surface area (Å²) in [6.45, 7) is 2.21. The molecule has 2 rings (SSSR count). The Kier molecular flexibility index (Phi) is 4.68. The van der Waals surface area contributed by atoms with Crippen LogP contribution in [0.3, 0.4) is 0 Å². The van der Waals surface area contributed by atoms with Gasteiger partial charge < -0.3 is 0 Å². The number of hydrogen-bond donors (Lipinski definition) is 0. The SMILES string of the molecule is Cc1sc(CCl)cc1S(=O)(=O)N(C)Cc1cccs1. The first-order valence-electron chi connectivity index (χ1n) is 5.59. The van der Waals surface area contributed by atoms with Gasteiger partial charge in [0.1, 0.15) is 0 Å². The maximum Gasteiger partial charge on any atom is 0.244 e. The van der Waals surface area contributed by atoms with Gasteiger partial charge in [-0.15, -0.1) is 34.3 Å². The Morgan fingerprint density at radius 1 is 1.37 bits per heavy atom. The number of thiophene rings is 2. The van der Waals surface area contributed by atoms with E-state index in [0.29, 0.717) is 17.3 Å². The summed E-state index contributed by atoms with van der Waals surface area (Å²) < 4.78 is 26.4. The zero-order chi connectivity index (χ0) is 14.0. The number of nitrogens with zero attached hydrogens (tertiary/aromatic N) is 1. The minimum Gasteiger partial charge on any atom is -0.207 e. The summed E-state index contributed by atoms with van der Waals surface area (Å²) >= 11 is 8.74. The van der Waals surface area contributed by atoms with Gasteiger partial charge in [0.2, 0.25) is 10.0 Å². The molecule has 104 valence electrons. The molecule has 0 bridgehead atoms. The Balaban J connectivity index is 2.28. The Labute approximate surface area is 126 Å². The molecule has 0 atom stereocenters. The second-order valence-corrected chi connectivity index (χ2v) is 8.76. The van der Waals surface area contributed by atoms with Gasteiger partial charge in [-0.2, -0.15) is 4.31 Å². The van der Waals surface area contributed by atoms with Crippen LogP contribution >= 0.6 is 34.3 Å². The predicted octanol–water partition coefficient (Wildman–Crippen LogP) is 3.68. The second-order valence-electron chi connectivity index (χ2n) is 4.11. The van der Waals surface area contributed by atoms with Crippen molar-refractivity contribution in [3.8, 4) is 0 Å². The molecule has 2 aromatic heterocycles. The molecule has 0 aliphatic carbocycles. The maximum atomic E-state index is 12.5. The van der Waals surface area contributed by atoms with Crippen molar-refractivity contribution in [3.05, 3.63) is 38.2 Å². The van der Waals surface area contributed by atoms with E-state index in [2.05, 4.69) is 0 Å². The Morgan fingerprint density at radius 3 is 2.63 bits per heavy atom. The van der Waals surface area contributed by atoms with Crippen LogP contribution < -0.4 is 0 Å². The van der Waals surface area contributed by atoms with Gasteiger partial charge in [-0.05, 0) is 24.4 Å². The lowest BCUT2D eigenvalue weighted by Gasteiger charge is -2.16. The van der Waals surface area contributed by atoms with Gasteiger partial charge in [-0.1, -0.05) is 6.07 Å². The zero-order valence-corrected chi connectivity index (χ0v) is 13.8. The van der Waals surface area contributed by atoms with Crippen LogP contribution in [0.1, 0.15) is 14.6 Å². The quantitative estimate of drug-likeness (QED) is 0.782. The molecule has 0 aliphatic heterocycles. The van der Waals surface area contributed by atoms with Crippen LogP contribution in [-0.2, 0) is 22.4 Å². The van der Waals surface area contributed by atoms with Crippen molar-refractivity contribution >= 4 is 44.3 Å². The summed E-state index contributed by atoms with van der Waals surface area (Å²) in [5, 5.41) is 1.94. The molecule has 0 spiro atoms. The molecule has 7 heteroatoms. The van der Waals surface area contributed by atoms with Crippen molar-refractivity contribution in [1.82, 2.24) is 4.31 Å². The molecule has 0 radical (unpaired) electrons. The topological polar surface area (TPSA) is 37.4 Å². The van der Waals surface area contributed by atoms with Gasteiger partial charge in [0.25, 0.3) is 0 Å². The average Bonchev–Trinajstić information content (AvgIpc) is 2.98. The third-order valence-corrected chi connectivity index (χ3v) is 7.12. The van der Waals surface area contributed by atoms with Crippen molar-refractivity contribution < 1.29 is 8.42 Å². The molecule has 3 nitrogen and oxygen atoms in total. The van der Waals surface area contributed by atoms with Crippen molar-refractivity contribution in [2.75, 3.05) is 7.05 Å². The number of alkyl halides is 1. The van der Waals surface area contributed by atoms with E-state index in [4.69, 9.17) is 11.6 Å². The summed E-state index contributed by atoms with van der Waals surface area (Å²) in [6, 6.07) is 5.52. The van der Waals surface area contributed by atoms with E-state index < -0.39 is 10.0 Å². The van der Waals surface area contributed by atoms with E-state index in [9.17, 15) is 8.42 Å². The second kappa shape index (κ2) is 5.93. The van der Waals surface area contributed by atoms with Crippen LogP contribution in [0.25, 0.3) is 0 Å². The monoisotopic (exact) mass is 335 g/mol. The smallest absolute Gasteiger partial charge is 0.207 e. The highest BCUT2D eigenvalue weighted by Gasteiger charge is 2.25. The van der Waals surface area contributed by atoms with E-state index in [1.165, 1.54) is 15.6 Å². The summed E-state index contributed by atoms with van der Waals surface area (Å²) in [5.74, 6) is 0.343. The molecule has 0 saturated heterocycles. The zero-order valence-electron chi connectivity index (χ0n) is 10.6. The fraction of sp³-hybridized carbons (Fsp3) is 0.333. The molecule has 0 aliphatic rings. The highest BCUT2D eigenvalue weighted by molar-refractivity contribution is 7.89. The van der Waals surface area contributed by atoms with Gasteiger partial charge in [-0.3, -0.25) is 0 Å². The number of sulfonamides is 1. The summed E-state index contributed by atoms with van der Waals surface area (Å²) in [6.07, 6.45) is 0. The van der Waals surface area contributed by atoms with Crippen LogP contribution in [-0.4, -0.2) is 19.8 Å². The van der Waals surface area contributed by atoms with Crippen LogP contribution in [0, 0.1) is 6.92 Å². The lowest BCUT2D eigenvalue weighted by Crippen LogP contribution is -2.26. The highest BCUT2D eigenvalue weighted by atomic mass is 35.5. The summed E-state index contributed by atoms with van der Waals surface area (Å²) in [4.78, 5) is 3.06. The minimum atomic E-state index is -3.44. The first kappa shape index (κ1) is 15.0. The molecule has 0 unspecified atom stereocenters. The van der Waals surface area contributed by atoms with Gasteiger partial charge >= 0.3 is 0 Å². The molecule has 2 heterocycles.